The number of benzene rings is 3. The van der Waals surface area contributed by atoms with Crippen LogP contribution in [0.15, 0.2) is 66.9 Å². The van der Waals surface area contributed by atoms with Crippen LogP contribution in [0.4, 0.5) is 20.2 Å². The molecule has 2 aliphatic rings. The summed E-state index contributed by atoms with van der Waals surface area (Å²) < 4.78 is 40.7. The summed E-state index contributed by atoms with van der Waals surface area (Å²) in [6.45, 7) is 11.6. The third-order valence-corrected chi connectivity index (χ3v) is 9.80. The summed E-state index contributed by atoms with van der Waals surface area (Å²) in [5.74, 6) is 1.31. The first kappa shape index (κ1) is 36.7. The molecule has 6 rings (SSSR count). The molecule has 1 aromatic heterocycles. The number of pyridine rings is 1. The molecule has 9 heteroatoms. The number of aryl methyl sites for hydroxylation is 1. The van der Waals surface area contributed by atoms with E-state index in [2.05, 4.69) is 43.3 Å². The standard InChI is InChI=1S/C36H37F2N3O4.C5H12/c1-22-4-3-5-24(7-6-22)21-44-33-20-30-28(18-23(33)2)31(14-17-39-30)45-32-13-12-27(19-29(32)38)41-35(43)36(15-16-36)34(42)40-26-10-8-25(37)9-11-26;1-4-5(2)3/h8-14,17-20,22,24H,3-7,15-16,21H2,1-2H3,(H,40,42)(H,41,43);5H,4H2,1-3H3. The van der Waals surface area contributed by atoms with E-state index < -0.39 is 28.9 Å². The van der Waals surface area contributed by atoms with Crippen LogP contribution in [0.1, 0.15) is 84.6 Å². The van der Waals surface area contributed by atoms with E-state index in [1.54, 1.807) is 12.3 Å². The number of fused-ring (bicyclic) bond motifs is 1. The molecule has 266 valence electrons. The van der Waals surface area contributed by atoms with Crippen molar-refractivity contribution >= 4 is 34.1 Å². The summed E-state index contributed by atoms with van der Waals surface area (Å²) in [5.41, 5.74) is 0.954. The van der Waals surface area contributed by atoms with E-state index in [9.17, 15) is 14.0 Å². The Balaban J connectivity index is 0.000000908. The lowest BCUT2D eigenvalue weighted by atomic mass is 10.00. The zero-order valence-electron chi connectivity index (χ0n) is 29.8. The Morgan fingerprint density at radius 3 is 2.22 bits per heavy atom. The molecule has 0 bridgehead atoms. The molecule has 2 saturated carbocycles. The average Bonchev–Trinajstić information content (AvgIpc) is 3.93. The lowest BCUT2D eigenvalue weighted by Gasteiger charge is -2.18. The SMILES string of the molecule is CCC(C)C.Cc1cc2c(Oc3ccc(NC(=O)C4(C(=O)Nc5ccc(F)cc5)CC4)cc3F)ccnc2cc1OCC1CCCC(C)CC1. The second-order valence-corrected chi connectivity index (χ2v) is 14.3. The highest BCUT2D eigenvalue weighted by atomic mass is 19.1. The smallest absolute Gasteiger partial charge is 0.240 e. The summed E-state index contributed by atoms with van der Waals surface area (Å²) in [6.07, 6.45) is 9.79. The summed E-state index contributed by atoms with van der Waals surface area (Å²) >= 11 is 0. The number of hydrogen-bond donors (Lipinski definition) is 2. The fourth-order valence-electron chi connectivity index (χ4n) is 5.94. The largest absolute Gasteiger partial charge is 0.493 e. The Kier molecular flexibility index (Phi) is 12.1. The van der Waals surface area contributed by atoms with Gasteiger partial charge in [0.05, 0.1) is 12.1 Å². The van der Waals surface area contributed by atoms with E-state index in [1.807, 2.05) is 19.1 Å². The summed E-state index contributed by atoms with van der Waals surface area (Å²) in [5, 5.41) is 6.05. The number of aromatic nitrogens is 1. The van der Waals surface area contributed by atoms with Gasteiger partial charge < -0.3 is 20.1 Å². The van der Waals surface area contributed by atoms with Gasteiger partial charge in [0.15, 0.2) is 11.6 Å². The van der Waals surface area contributed by atoms with Crippen LogP contribution in [0.2, 0.25) is 0 Å². The number of nitrogens with one attached hydrogen (secondary N) is 2. The quantitative estimate of drug-likeness (QED) is 0.128. The summed E-state index contributed by atoms with van der Waals surface area (Å²) in [4.78, 5) is 30.4. The number of anilines is 2. The number of ether oxygens (including phenoxy) is 2. The normalized spacial score (nSPS) is 18.0. The molecule has 0 aliphatic heterocycles. The van der Waals surface area contributed by atoms with E-state index in [1.165, 1.54) is 74.9 Å². The van der Waals surface area contributed by atoms with Crippen molar-refractivity contribution in [2.24, 2.45) is 23.2 Å². The Morgan fingerprint density at radius 1 is 0.880 bits per heavy atom. The Hall–Kier alpha value is -4.53. The van der Waals surface area contributed by atoms with E-state index in [0.29, 0.717) is 42.3 Å². The minimum Gasteiger partial charge on any atom is -0.493 e. The minimum atomic E-state index is -1.26. The zero-order valence-corrected chi connectivity index (χ0v) is 29.8. The molecule has 2 unspecified atom stereocenters. The van der Waals surface area contributed by atoms with E-state index in [-0.39, 0.29) is 11.4 Å². The first-order valence-electron chi connectivity index (χ1n) is 17.9. The fourth-order valence-corrected chi connectivity index (χ4v) is 5.94. The highest BCUT2D eigenvalue weighted by Crippen LogP contribution is 2.47. The van der Waals surface area contributed by atoms with Crippen LogP contribution < -0.4 is 20.1 Å². The molecule has 0 spiro atoms. The van der Waals surface area contributed by atoms with Gasteiger partial charge in [-0.1, -0.05) is 53.4 Å². The van der Waals surface area contributed by atoms with Gasteiger partial charge >= 0.3 is 0 Å². The van der Waals surface area contributed by atoms with Crippen molar-refractivity contribution < 1.29 is 27.8 Å². The third-order valence-electron chi connectivity index (χ3n) is 9.80. The molecule has 0 radical (unpaired) electrons. The lowest BCUT2D eigenvalue weighted by Crippen LogP contribution is -2.35. The predicted molar refractivity (Wildman–Crippen MR) is 195 cm³/mol. The van der Waals surface area contributed by atoms with Gasteiger partial charge in [-0.15, -0.1) is 0 Å². The number of nitrogens with zero attached hydrogens (tertiary/aromatic N) is 1. The topological polar surface area (TPSA) is 89.5 Å². The van der Waals surface area contributed by atoms with Gasteiger partial charge in [-0.05, 0) is 104 Å². The van der Waals surface area contributed by atoms with Crippen molar-refractivity contribution in [3.05, 3.63) is 84.1 Å². The van der Waals surface area contributed by atoms with Crippen LogP contribution >= 0.6 is 0 Å². The van der Waals surface area contributed by atoms with Gasteiger partial charge in [0.2, 0.25) is 11.8 Å². The Morgan fingerprint density at radius 2 is 1.56 bits per heavy atom. The van der Waals surface area contributed by atoms with Crippen molar-refractivity contribution in [1.82, 2.24) is 4.98 Å². The molecule has 1 heterocycles. The molecule has 3 aromatic carbocycles. The van der Waals surface area contributed by atoms with Gasteiger partial charge in [0, 0.05) is 35.1 Å². The minimum absolute atomic E-state index is 0.0174. The highest BCUT2D eigenvalue weighted by molar-refractivity contribution is 6.16. The van der Waals surface area contributed by atoms with Crippen LogP contribution in [0.25, 0.3) is 10.9 Å². The average molecular weight is 686 g/mol. The van der Waals surface area contributed by atoms with Crippen LogP contribution in [-0.4, -0.2) is 23.4 Å². The number of carbonyl (C=O) groups excluding carboxylic acids is 2. The number of amides is 2. The number of carbonyl (C=O) groups is 2. The second-order valence-electron chi connectivity index (χ2n) is 14.3. The van der Waals surface area contributed by atoms with E-state index >= 15 is 4.39 Å². The van der Waals surface area contributed by atoms with Crippen molar-refractivity contribution in [3.8, 4) is 17.2 Å². The molecule has 0 saturated heterocycles. The van der Waals surface area contributed by atoms with E-state index in [4.69, 9.17) is 9.47 Å². The van der Waals surface area contributed by atoms with Gasteiger partial charge in [-0.25, -0.2) is 8.78 Å². The van der Waals surface area contributed by atoms with Crippen LogP contribution in [0.5, 0.6) is 17.2 Å². The highest BCUT2D eigenvalue weighted by Gasteiger charge is 2.56. The summed E-state index contributed by atoms with van der Waals surface area (Å²) in [7, 11) is 0. The first-order valence-corrected chi connectivity index (χ1v) is 17.9. The summed E-state index contributed by atoms with van der Waals surface area (Å²) in [6, 6.07) is 15.0. The number of hydrogen-bond acceptors (Lipinski definition) is 5. The maximum atomic E-state index is 15.2. The second kappa shape index (κ2) is 16.5. The molecule has 2 fully saturated rings. The molecule has 2 atom stereocenters. The van der Waals surface area contributed by atoms with E-state index in [0.717, 1.165) is 34.6 Å². The maximum Gasteiger partial charge on any atom is 0.240 e. The molecule has 4 aromatic rings. The number of halogens is 2. The van der Waals surface area contributed by atoms with Gasteiger partial charge in [0.25, 0.3) is 0 Å². The van der Waals surface area contributed by atoms with Crippen molar-refractivity contribution in [1.29, 1.82) is 0 Å². The lowest BCUT2D eigenvalue weighted by molar-refractivity contribution is -0.131. The first-order chi connectivity index (χ1) is 24.0. The molecule has 7 nitrogen and oxygen atoms in total. The molecule has 2 N–H and O–H groups in total. The Bertz CT molecular complexity index is 1790. The molecule has 50 heavy (non-hydrogen) atoms. The maximum absolute atomic E-state index is 15.2. The van der Waals surface area contributed by atoms with Crippen molar-refractivity contribution in [2.45, 2.75) is 86.0 Å². The molecular formula is C41H49F2N3O4. The molecular weight excluding hydrogens is 636 g/mol. The zero-order chi connectivity index (χ0) is 35.8. The van der Waals surface area contributed by atoms with Gasteiger partial charge in [0.1, 0.15) is 22.7 Å². The third kappa shape index (κ3) is 9.37. The number of rotatable bonds is 10. The van der Waals surface area contributed by atoms with Crippen molar-refractivity contribution in [2.75, 3.05) is 17.2 Å². The van der Waals surface area contributed by atoms with Gasteiger partial charge in [-0.3, -0.25) is 14.6 Å². The van der Waals surface area contributed by atoms with Crippen LogP contribution in [0, 0.1) is 41.7 Å². The van der Waals surface area contributed by atoms with Crippen LogP contribution in [-0.2, 0) is 9.59 Å². The monoisotopic (exact) mass is 685 g/mol. The molecule has 2 amide bonds. The predicted octanol–water partition coefficient (Wildman–Crippen LogP) is 10.6. The van der Waals surface area contributed by atoms with Crippen molar-refractivity contribution in [3.63, 3.8) is 0 Å². The Labute approximate surface area is 294 Å². The van der Waals surface area contributed by atoms with Gasteiger partial charge in [-0.2, -0.15) is 0 Å². The molecule has 2 aliphatic carbocycles. The van der Waals surface area contributed by atoms with Crippen LogP contribution in [0.3, 0.4) is 0 Å². The fraction of sp³-hybridized carbons (Fsp3) is 0.439.